The second kappa shape index (κ2) is 6.86. The number of nitrogens with one attached hydrogen (secondary N) is 1. The lowest BCUT2D eigenvalue weighted by atomic mass is 9.93. The number of piperidine rings is 1. The Labute approximate surface area is 152 Å². The third-order valence-corrected chi connectivity index (χ3v) is 6.40. The number of carbonyl (C=O) groups is 1. The minimum atomic E-state index is -0.373. The van der Waals surface area contributed by atoms with Gasteiger partial charge in [-0.15, -0.1) is 11.3 Å². The van der Waals surface area contributed by atoms with Crippen molar-refractivity contribution in [3.63, 3.8) is 0 Å². The van der Waals surface area contributed by atoms with Crippen LogP contribution in [0.3, 0.4) is 0 Å². The van der Waals surface area contributed by atoms with Gasteiger partial charge in [-0.25, -0.2) is 4.98 Å². The molecule has 3 N–H and O–H groups in total. The van der Waals surface area contributed by atoms with E-state index in [1.165, 1.54) is 29.8 Å². The molecule has 2 aliphatic rings. The normalized spacial score (nSPS) is 21.6. The molecule has 2 fully saturated rings. The lowest BCUT2D eigenvalue weighted by molar-refractivity contribution is 0.100. The van der Waals surface area contributed by atoms with E-state index in [1.54, 1.807) is 11.3 Å². The van der Waals surface area contributed by atoms with Crippen molar-refractivity contribution in [3.8, 4) is 0 Å². The summed E-state index contributed by atoms with van der Waals surface area (Å²) in [6, 6.07) is 8.33. The Morgan fingerprint density at radius 2 is 2.04 bits per heavy atom. The fraction of sp³-hybridized carbons (Fsp3) is 0.474. The van der Waals surface area contributed by atoms with E-state index in [0.29, 0.717) is 17.0 Å². The maximum atomic E-state index is 11.3. The van der Waals surface area contributed by atoms with Gasteiger partial charge in [0.1, 0.15) is 5.01 Å². The van der Waals surface area contributed by atoms with Crippen LogP contribution in [0.2, 0.25) is 0 Å². The predicted octanol–water partition coefficient (Wildman–Crippen LogP) is 2.39. The minimum absolute atomic E-state index is 0.373. The number of thiazole rings is 1. The zero-order chi connectivity index (χ0) is 17.3. The Hall–Kier alpha value is -1.76. The molecule has 1 saturated carbocycles. The number of benzene rings is 1. The Kier molecular flexibility index (Phi) is 4.58. The van der Waals surface area contributed by atoms with Gasteiger partial charge >= 0.3 is 0 Å². The van der Waals surface area contributed by atoms with Gasteiger partial charge in [0.25, 0.3) is 0 Å². The number of carbonyl (C=O) groups excluding carboxylic acids is 1. The van der Waals surface area contributed by atoms with E-state index in [1.807, 2.05) is 35.8 Å². The Bertz CT molecular complexity index is 722. The zero-order valence-electron chi connectivity index (χ0n) is 14.3. The highest BCUT2D eigenvalue weighted by molar-refractivity contribution is 7.09. The molecule has 1 unspecified atom stereocenters. The van der Waals surface area contributed by atoms with Gasteiger partial charge in [0.15, 0.2) is 0 Å². The summed E-state index contributed by atoms with van der Waals surface area (Å²) in [5.74, 6) is -0.373. The van der Waals surface area contributed by atoms with Crippen LogP contribution < -0.4 is 11.1 Å². The third-order valence-electron chi connectivity index (χ3n) is 5.63. The van der Waals surface area contributed by atoms with Crippen LogP contribution in [-0.4, -0.2) is 34.9 Å². The summed E-state index contributed by atoms with van der Waals surface area (Å²) in [6.07, 6.45) is 5.71. The van der Waals surface area contributed by atoms with Crippen LogP contribution in [0.25, 0.3) is 0 Å². The molecule has 4 rings (SSSR count). The van der Waals surface area contributed by atoms with Crippen molar-refractivity contribution in [2.75, 3.05) is 13.1 Å². The summed E-state index contributed by atoms with van der Waals surface area (Å²) in [7, 11) is 0. The fourth-order valence-corrected chi connectivity index (χ4v) is 4.74. The van der Waals surface area contributed by atoms with Gasteiger partial charge in [0.05, 0.1) is 6.54 Å². The molecule has 2 heterocycles. The van der Waals surface area contributed by atoms with Gasteiger partial charge in [0.2, 0.25) is 5.91 Å². The van der Waals surface area contributed by atoms with Crippen molar-refractivity contribution in [3.05, 3.63) is 52.0 Å². The fourth-order valence-electron chi connectivity index (χ4n) is 4.09. The lowest BCUT2D eigenvalue weighted by Crippen LogP contribution is -2.35. The highest BCUT2D eigenvalue weighted by atomic mass is 32.1. The number of primary amides is 1. The molecule has 1 aromatic carbocycles. The van der Waals surface area contributed by atoms with Crippen molar-refractivity contribution >= 4 is 17.2 Å². The van der Waals surface area contributed by atoms with Gasteiger partial charge in [0, 0.05) is 29.7 Å². The summed E-state index contributed by atoms with van der Waals surface area (Å²) in [5, 5.41) is 6.69. The molecular formula is C19H24N4OS. The van der Waals surface area contributed by atoms with E-state index in [2.05, 4.69) is 15.2 Å². The monoisotopic (exact) mass is 356 g/mol. The number of nitrogens with two attached hydrogens (primary N) is 1. The number of hydrogen-bond donors (Lipinski definition) is 2. The second-order valence-corrected chi connectivity index (χ2v) is 8.20. The van der Waals surface area contributed by atoms with E-state index >= 15 is 0 Å². The average Bonchev–Trinajstić information content (AvgIpc) is 3.05. The molecule has 1 aromatic heterocycles. The van der Waals surface area contributed by atoms with Gasteiger partial charge in [-0.3, -0.25) is 9.69 Å². The number of nitrogens with zero attached hydrogens (tertiary/aromatic N) is 2. The molecule has 0 bridgehead atoms. The smallest absolute Gasteiger partial charge is 0.248 e. The molecular weight excluding hydrogens is 332 g/mol. The summed E-state index contributed by atoms with van der Waals surface area (Å²) in [4.78, 5) is 18.3. The van der Waals surface area contributed by atoms with Gasteiger partial charge in [-0.2, -0.15) is 0 Å². The van der Waals surface area contributed by atoms with Crippen LogP contribution in [0.5, 0.6) is 0 Å². The lowest BCUT2D eigenvalue weighted by Gasteiger charge is -2.29. The first-order valence-electron chi connectivity index (χ1n) is 8.88. The van der Waals surface area contributed by atoms with Crippen molar-refractivity contribution in [1.29, 1.82) is 0 Å². The van der Waals surface area contributed by atoms with Crippen molar-refractivity contribution in [2.24, 2.45) is 11.1 Å². The molecule has 1 aliphatic carbocycles. The average molecular weight is 356 g/mol. The Morgan fingerprint density at radius 1 is 1.28 bits per heavy atom. The Balaban J connectivity index is 1.50. The molecule has 25 heavy (non-hydrogen) atoms. The van der Waals surface area contributed by atoms with Crippen LogP contribution in [0.4, 0.5) is 0 Å². The SMILES string of the molecule is NC(=O)c1ccc(CN(Cc2nccs2)C2CC23CCNCC3)cc1. The van der Waals surface area contributed by atoms with Gasteiger partial charge < -0.3 is 11.1 Å². The van der Waals surface area contributed by atoms with Crippen molar-refractivity contribution in [2.45, 2.75) is 38.4 Å². The molecule has 5 nitrogen and oxygen atoms in total. The van der Waals surface area contributed by atoms with Crippen molar-refractivity contribution in [1.82, 2.24) is 15.2 Å². The molecule has 1 aliphatic heterocycles. The standard InChI is InChI=1S/C19H24N4OS/c20-18(24)15-3-1-14(2-4-15)12-23(13-17-22-9-10-25-17)16-11-19(16)5-7-21-8-6-19/h1-4,9-10,16,21H,5-8,11-13H2,(H2,20,24). The maximum Gasteiger partial charge on any atom is 0.248 e. The minimum Gasteiger partial charge on any atom is -0.366 e. The molecule has 1 amide bonds. The van der Waals surface area contributed by atoms with Crippen molar-refractivity contribution < 1.29 is 4.79 Å². The largest absolute Gasteiger partial charge is 0.366 e. The first kappa shape index (κ1) is 16.7. The number of amides is 1. The van der Waals surface area contributed by atoms with E-state index in [0.717, 1.165) is 26.2 Å². The molecule has 0 radical (unpaired) electrons. The van der Waals surface area contributed by atoms with Gasteiger partial charge in [-0.1, -0.05) is 12.1 Å². The van der Waals surface area contributed by atoms with E-state index in [9.17, 15) is 4.79 Å². The molecule has 6 heteroatoms. The maximum absolute atomic E-state index is 11.3. The molecule has 132 valence electrons. The predicted molar refractivity (Wildman–Crippen MR) is 99.3 cm³/mol. The van der Waals surface area contributed by atoms with E-state index in [4.69, 9.17) is 5.73 Å². The molecule has 1 atom stereocenters. The first-order valence-corrected chi connectivity index (χ1v) is 9.76. The van der Waals surface area contributed by atoms with Gasteiger partial charge in [-0.05, 0) is 55.5 Å². The summed E-state index contributed by atoms with van der Waals surface area (Å²) in [6.45, 7) is 4.05. The number of aromatic nitrogens is 1. The zero-order valence-corrected chi connectivity index (χ0v) is 15.1. The topological polar surface area (TPSA) is 71.2 Å². The number of hydrogen-bond acceptors (Lipinski definition) is 5. The highest BCUT2D eigenvalue weighted by Gasteiger charge is 2.56. The van der Waals surface area contributed by atoms with Crippen LogP contribution in [0.1, 0.15) is 40.2 Å². The number of rotatable bonds is 6. The van der Waals surface area contributed by atoms with Crippen LogP contribution in [-0.2, 0) is 13.1 Å². The second-order valence-electron chi connectivity index (χ2n) is 7.22. The Morgan fingerprint density at radius 3 is 2.68 bits per heavy atom. The van der Waals surface area contributed by atoms with Crippen LogP contribution >= 0.6 is 11.3 Å². The van der Waals surface area contributed by atoms with E-state index in [-0.39, 0.29) is 5.91 Å². The summed E-state index contributed by atoms with van der Waals surface area (Å²) in [5.41, 5.74) is 7.63. The van der Waals surface area contributed by atoms with Crippen LogP contribution in [0, 0.1) is 5.41 Å². The van der Waals surface area contributed by atoms with E-state index < -0.39 is 0 Å². The quantitative estimate of drug-likeness (QED) is 0.834. The molecule has 1 saturated heterocycles. The first-order chi connectivity index (χ1) is 12.2. The molecule has 2 aromatic rings. The highest BCUT2D eigenvalue weighted by Crippen LogP contribution is 2.56. The summed E-state index contributed by atoms with van der Waals surface area (Å²) < 4.78 is 0. The summed E-state index contributed by atoms with van der Waals surface area (Å²) >= 11 is 1.72. The molecule has 1 spiro atoms. The van der Waals surface area contributed by atoms with Crippen LogP contribution in [0.15, 0.2) is 35.8 Å². The third kappa shape index (κ3) is 3.61.